The minimum absolute atomic E-state index is 0.160. The van der Waals surface area contributed by atoms with Crippen LogP contribution in [0.3, 0.4) is 0 Å². The van der Waals surface area contributed by atoms with E-state index in [9.17, 15) is 14.9 Å². The summed E-state index contributed by atoms with van der Waals surface area (Å²) in [6.45, 7) is 2.16. The van der Waals surface area contributed by atoms with Crippen LogP contribution in [0.15, 0.2) is 21.7 Å². The predicted molar refractivity (Wildman–Crippen MR) is 57.7 cm³/mol. The molecule has 92 valence electrons. The molecule has 0 aliphatic heterocycles. The number of ether oxygens (including phenoxy) is 1. The molecule has 0 aliphatic rings. The first kappa shape index (κ1) is 12.7. The molecule has 8 nitrogen and oxygen atoms in total. The van der Waals surface area contributed by atoms with Crippen LogP contribution in [0.5, 0.6) is 0 Å². The van der Waals surface area contributed by atoms with Crippen LogP contribution in [0.1, 0.15) is 19.1 Å². The standard InChI is InChI=1S/C9H11N3O5/c1-2-5-16-9(13)11-10-6-7-3-4-8(17-7)12(14)15/h3-4,6H,2,5H2,1H3,(H,11,13)/b10-6+. The zero-order chi connectivity index (χ0) is 12.7. The Labute approximate surface area is 96.4 Å². The number of carbonyl (C=O) groups excluding carboxylic acids is 1. The third-order valence-corrected chi connectivity index (χ3v) is 1.58. The van der Waals surface area contributed by atoms with Gasteiger partial charge in [-0.05, 0) is 12.5 Å². The van der Waals surface area contributed by atoms with Gasteiger partial charge in [0.25, 0.3) is 0 Å². The number of hydrazone groups is 1. The summed E-state index contributed by atoms with van der Waals surface area (Å²) in [5.74, 6) is -0.229. The van der Waals surface area contributed by atoms with E-state index >= 15 is 0 Å². The summed E-state index contributed by atoms with van der Waals surface area (Å²) >= 11 is 0. The van der Waals surface area contributed by atoms with Crippen molar-refractivity contribution in [2.45, 2.75) is 13.3 Å². The molecule has 17 heavy (non-hydrogen) atoms. The molecule has 1 amide bonds. The van der Waals surface area contributed by atoms with Gasteiger partial charge in [-0.15, -0.1) is 0 Å². The zero-order valence-electron chi connectivity index (χ0n) is 9.08. The molecule has 8 heteroatoms. The number of nitro groups is 1. The van der Waals surface area contributed by atoms with E-state index in [4.69, 9.17) is 4.42 Å². The molecule has 0 bridgehead atoms. The Morgan fingerprint density at radius 1 is 1.71 bits per heavy atom. The van der Waals surface area contributed by atoms with Gasteiger partial charge in [-0.2, -0.15) is 5.10 Å². The van der Waals surface area contributed by atoms with Crippen molar-refractivity contribution in [3.63, 3.8) is 0 Å². The van der Waals surface area contributed by atoms with Crippen molar-refractivity contribution in [3.8, 4) is 0 Å². The van der Waals surface area contributed by atoms with E-state index in [1.165, 1.54) is 12.1 Å². The molecule has 1 aromatic heterocycles. The summed E-state index contributed by atoms with van der Waals surface area (Å²) in [6.07, 6.45) is 1.16. The highest BCUT2D eigenvalue weighted by atomic mass is 16.6. The Morgan fingerprint density at radius 2 is 2.47 bits per heavy atom. The maximum Gasteiger partial charge on any atom is 0.433 e. The number of nitrogens with zero attached hydrogens (tertiary/aromatic N) is 2. The summed E-state index contributed by atoms with van der Waals surface area (Å²) in [5.41, 5.74) is 2.08. The molecular formula is C9H11N3O5. The van der Waals surface area contributed by atoms with Gasteiger partial charge in [-0.3, -0.25) is 10.1 Å². The lowest BCUT2D eigenvalue weighted by atomic mass is 10.5. The van der Waals surface area contributed by atoms with Gasteiger partial charge < -0.3 is 9.15 Å². The number of rotatable bonds is 5. The van der Waals surface area contributed by atoms with E-state index in [1.807, 2.05) is 6.92 Å². The first-order valence-electron chi connectivity index (χ1n) is 4.83. The maximum atomic E-state index is 10.9. The highest BCUT2D eigenvalue weighted by Gasteiger charge is 2.10. The largest absolute Gasteiger partial charge is 0.448 e. The molecule has 1 N–H and O–H groups in total. The Balaban J connectivity index is 2.42. The van der Waals surface area contributed by atoms with Gasteiger partial charge in [0, 0.05) is 0 Å². The molecule has 0 atom stereocenters. The number of hydrogen-bond donors (Lipinski definition) is 1. The summed E-state index contributed by atoms with van der Waals surface area (Å²) < 4.78 is 9.44. The first-order chi connectivity index (χ1) is 8.13. The van der Waals surface area contributed by atoms with Crippen LogP contribution in [0.2, 0.25) is 0 Å². The maximum absolute atomic E-state index is 10.9. The van der Waals surface area contributed by atoms with E-state index in [-0.39, 0.29) is 11.6 Å². The predicted octanol–water partition coefficient (Wildman–Crippen LogP) is 1.66. The molecule has 0 spiro atoms. The molecule has 1 rings (SSSR count). The van der Waals surface area contributed by atoms with Crippen molar-refractivity contribution in [3.05, 3.63) is 28.0 Å². The third kappa shape index (κ3) is 4.33. The number of amides is 1. The monoisotopic (exact) mass is 241 g/mol. The van der Waals surface area contributed by atoms with E-state index in [2.05, 4.69) is 15.3 Å². The van der Waals surface area contributed by atoms with Crippen molar-refractivity contribution < 1.29 is 18.9 Å². The van der Waals surface area contributed by atoms with Crippen LogP contribution in [0, 0.1) is 10.1 Å². The fourth-order valence-electron chi connectivity index (χ4n) is 0.885. The minimum atomic E-state index is -0.691. The van der Waals surface area contributed by atoms with E-state index < -0.39 is 11.0 Å². The van der Waals surface area contributed by atoms with Gasteiger partial charge in [-0.1, -0.05) is 6.92 Å². The first-order valence-corrected chi connectivity index (χ1v) is 4.83. The fraction of sp³-hybridized carbons (Fsp3) is 0.333. The minimum Gasteiger partial charge on any atom is -0.448 e. The lowest BCUT2D eigenvalue weighted by molar-refractivity contribution is -0.402. The highest BCUT2D eigenvalue weighted by molar-refractivity contribution is 5.78. The van der Waals surface area contributed by atoms with Crippen molar-refractivity contribution >= 4 is 18.2 Å². The third-order valence-electron chi connectivity index (χ3n) is 1.58. The second-order valence-corrected chi connectivity index (χ2v) is 2.94. The zero-order valence-corrected chi connectivity index (χ0v) is 9.08. The SMILES string of the molecule is CCCOC(=O)N/N=C/c1ccc([N+](=O)[O-])o1. The van der Waals surface area contributed by atoms with Crippen LogP contribution < -0.4 is 5.43 Å². The number of nitrogens with one attached hydrogen (secondary N) is 1. The summed E-state index contributed by atoms with van der Waals surface area (Å²) in [7, 11) is 0. The molecule has 0 unspecified atom stereocenters. The van der Waals surface area contributed by atoms with Crippen LogP contribution in [0.25, 0.3) is 0 Å². The van der Waals surface area contributed by atoms with Crippen molar-refractivity contribution in [1.29, 1.82) is 0 Å². The lowest BCUT2D eigenvalue weighted by Gasteiger charge is -1.99. The topological polar surface area (TPSA) is 107 Å². The molecule has 0 fully saturated rings. The summed E-state index contributed by atoms with van der Waals surface area (Å²) in [6, 6.07) is 2.55. The Hall–Kier alpha value is -2.38. The molecule has 0 radical (unpaired) electrons. The number of carbonyl (C=O) groups is 1. The van der Waals surface area contributed by atoms with Gasteiger partial charge in [0.15, 0.2) is 5.76 Å². The van der Waals surface area contributed by atoms with Gasteiger partial charge in [0.1, 0.15) is 4.92 Å². The fourth-order valence-corrected chi connectivity index (χ4v) is 0.885. The van der Waals surface area contributed by atoms with Crippen molar-refractivity contribution in [2.75, 3.05) is 6.61 Å². The molecule has 1 aromatic rings. The second kappa shape index (κ2) is 6.26. The Morgan fingerprint density at radius 3 is 3.06 bits per heavy atom. The average Bonchev–Trinajstić information content (AvgIpc) is 2.75. The van der Waals surface area contributed by atoms with E-state index in [0.717, 1.165) is 6.21 Å². The molecule has 0 aromatic carbocycles. The number of hydrogen-bond acceptors (Lipinski definition) is 6. The van der Waals surface area contributed by atoms with Crippen molar-refractivity contribution in [2.24, 2.45) is 5.10 Å². The average molecular weight is 241 g/mol. The van der Waals surface area contributed by atoms with E-state index in [1.54, 1.807) is 0 Å². The molecule has 0 saturated carbocycles. The van der Waals surface area contributed by atoms with Crippen LogP contribution in [0.4, 0.5) is 10.7 Å². The van der Waals surface area contributed by atoms with Crippen molar-refractivity contribution in [1.82, 2.24) is 5.43 Å². The molecule has 1 heterocycles. The lowest BCUT2D eigenvalue weighted by Crippen LogP contribution is -2.19. The number of furan rings is 1. The molecule has 0 aliphatic carbocycles. The Kier molecular flexibility index (Phi) is 4.67. The van der Waals surface area contributed by atoms with Crippen LogP contribution in [-0.4, -0.2) is 23.8 Å². The van der Waals surface area contributed by atoms with Gasteiger partial charge in [0.2, 0.25) is 0 Å². The van der Waals surface area contributed by atoms with Gasteiger partial charge in [-0.25, -0.2) is 10.2 Å². The quantitative estimate of drug-likeness (QED) is 0.479. The second-order valence-electron chi connectivity index (χ2n) is 2.94. The van der Waals surface area contributed by atoms with Gasteiger partial charge in [0.05, 0.1) is 18.9 Å². The van der Waals surface area contributed by atoms with E-state index in [0.29, 0.717) is 13.0 Å². The molecular weight excluding hydrogens is 230 g/mol. The normalized spacial score (nSPS) is 10.4. The summed E-state index contributed by atoms with van der Waals surface area (Å²) in [5, 5.41) is 13.8. The van der Waals surface area contributed by atoms with Crippen LogP contribution >= 0.6 is 0 Å². The van der Waals surface area contributed by atoms with Gasteiger partial charge >= 0.3 is 12.0 Å². The van der Waals surface area contributed by atoms with Crippen LogP contribution in [-0.2, 0) is 4.74 Å². The summed E-state index contributed by atoms with van der Waals surface area (Å²) in [4.78, 5) is 20.5. The molecule has 0 saturated heterocycles. The highest BCUT2D eigenvalue weighted by Crippen LogP contribution is 2.13. The Bertz CT molecular complexity index is 426. The smallest absolute Gasteiger partial charge is 0.433 e.